The lowest BCUT2D eigenvalue weighted by Crippen LogP contribution is -1.82. The third-order valence-electron chi connectivity index (χ3n) is 4.53. The molecule has 1 aromatic heterocycles. The molecule has 0 saturated carbocycles. The highest BCUT2D eigenvalue weighted by atomic mass is 79.9. The molecule has 114 valence electrons. The molecule has 0 aliphatic rings. The zero-order valence-corrected chi connectivity index (χ0v) is 14.4. The van der Waals surface area contributed by atoms with Crippen LogP contribution in [0.5, 0.6) is 0 Å². The molecule has 0 radical (unpaired) electrons. The van der Waals surface area contributed by atoms with Crippen molar-refractivity contribution in [1.82, 2.24) is 0 Å². The van der Waals surface area contributed by atoms with Gasteiger partial charge in [-0.05, 0) is 40.8 Å². The predicted molar refractivity (Wildman–Crippen MR) is 104 cm³/mol. The Kier molecular flexibility index (Phi) is 3.00. The zero-order chi connectivity index (χ0) is 16.1. The van der Waals surface area contributed by atoms with E-state index >= 15 is 0 Å². The van der Waals surface area contributed by atoms with Gasteiger partial charge < -0.3 is 4.42 Å². The minimum Gasteiger partial charge on any atom is -0.455 e. The van der Waals surface area contributed by atoms with Gasteiger partial charge in [-0.3, -0.25) is 0 Å². The van der Waals surface area contributed by atoms with Crippen LogP contribution < -0.4 is 0 Å². The number of furan rings is 1. The molecule has 4 aromatic carbocycles. The average Bonchev–Trinajstić information content (AvgIpc) is 3.02. The Morgan fingerprint density at radius 3 is 2.25 bits per heavy atom. The minimum atomic E-state index is 0.933. The topological polar surface area (TPSA) is 13.1 Å². The second-order valence-corrected chi connectivity index (χ2v) is 6.87. The maximum absolute atomic E-state index is 6.24. The fourth-order valence-electron chi connectivity index (χ4n) is 3.42. The van der Waals surface area contributed by atoms with Crippen LogP contribution >= 0.6 is 15.9 Å². The van der Waals surface area contributed by atoms with Crippen molar-refractivity contribution in [2.24, 2.45) is 0 Å². The van der Waals surface area contributed by atoms with Gasteiger partial charge in [0.05, 0.1) is 0 Å². The van der Waals surface area contributed by atoms with Gasteiger partial charge in [-0.2, -0.15) is 0 Å². The summed E-state index contributed by atoms with van der Waals surface area (Å²) in [7, 11) is 0. The van der Waals surface area contributed by atoms with Crippen molar-refractivity contribution in [1.29, 1.82) is 0 Å². The Morgan fingerprint density at radius 1 is 0.708 bits per heavy atom. The summed E-state index contributed by atoms with van der Waals surface area (Å²) in [5.74, 6) is 0. The summed E-state index contributed by atoms with van der Waals surface area (Å²) < 4.78 is 7.33. The SMILES string of the molecule is Brc1ccc(-c2cc3ccccc3c3oc4ccccc4c23)cc1. The van der Waals surface area contributed by atoms with Crippen molar-refractivity contribution in [2.75, 3.05) is 0 Å². The molecular formula is C22H13BrO. The molecule has 5 aromatic rings. The predicted octanol–water partition coefficient (Wildman–Crippen LogP) is 7.17. The van der Waals surface area contributed by atoms with Crippen molar-refractivity contribution in [2.45, 2.75) is 0 Å². The number of benzene rings is 4. The van der Waals surface area contributed by atoms with Crippen LogP contribution in [0.25, 0.3) is 43.8 Å². The fraction of sp³-hybridized carbons (Fsp3) is 0. The highest BCUT2D eigenvalue weighted by Crippen LogP contribution is 2.41. The van der Waals surface area contributed by atoms with E-state index in [0.29, 0.717) is 0 Å². The second kappa shape index (κ2) is 5.22. The van der Waals surface area contributed by atoms with Gasteiger partial charge in [-0.25, -0.2) is 0 Å². The second-order valence-electron chi connectivity index (χ2n) is 5.95. The molecule has 0 bridgehead atoms. The Morgan fingerprint density at radius 2 is 1.42 bits per heavy atom. The van der Waals surface area contributed by atoms with Crippen LogP contribution in [0.1, 0.15) is 0 Å². The van der Waals surface area contributed by atoms with Gasteiger partial charge in [0.2, 0.25) is 0 Å². The molecule has 0 atom stereocenters. The van der Waals surface area contributed by atoms with Crippen LogP contribution in [0.2, 0.25) is 0 Å². The van der Waals surface area contributed by atoms with E-state index in [1.165, 1.54) is 21.9 Å². The van der Waals surface area contributed by atoms with Gasteiger partial charge in [0.15, 0.2) is 0 Å². The summed E-state index contributed by atoms with van der Waals surface area (Å²) in [5.41, 5.74) is 4.30. The lowest BCUT2D eigenvalue weighted by Gasteiger charge is -2.07. The Labute approximate surface area is 147 Å². The van der Waals surface area contributed by atoms with E-state index in [9.17, 15) is 0 Å². The first-order valence-corrected chi connectivity index (χ1v) is 8.69. The van der Waals surface area contributed by atoms with Gasteiger partial charge in [0, 0.05) is 20.6 Å². The number of rotatable bonds is 1. The van der Waals surface area contributed by atoms with Gasteiger partial charge in [0.25, 0.3) is 0 Å². The summed E-state index contributed by atoms with van der Waals surface area (Å²) in [4.78, 5) is 0. The van der Waals surface area contributed by atoms with Gasteiger partial charge >= 0.3 is 0 Å². The van der Waals surface area contributed by atoms with Crippen LogP contribution in [0.3, 0.4) is 0 Å². The summed E-state index contributed by atoms with van der Waals surface area (Å²) in [6, 6.07) is 27.4. The van der Waals surface area contributed by atoms with E-state index in [1.54, 1.807) is 0 Å². The van der Waals surface area contributed by atoms with Crippen molar-refractivity contribution in [3.63, 3.8) is 0 Å². The van der Waals surface area contributed by atoms with E-state index in [2.05, 4.69) is 82.7 Å². The van der Waals surface area contributed by atoms with Crippen LogP contribution in [0, 0.1) is 0 Å². The van der Waals surface area contributed by atoms with Crippen molar-refractivity contribution in [3.05, 3.63) is 83.3 Å². The van der Waals surface area contributed by atoms with Gasteiger partial charge in [-0.15, -0.1) is 0 Å². The molecule has 0 saturated heterocycles. The Bertz CT molecular complexity index is 1200. The van der Waals surface area contributed by atoms with Crippen LogP contribution in [-0.2, 0) is 0 Å². The quantitative estimate of drug-likeness (QED) is 0.304. The van der Waals surface area contributed by atoms with Crippen molar-refractivity contribution >= 4 is 48.6 Å². The van der Waals surface area contributed by atoms with E-state index in [-0.39, 0.29) is 0 Å². The molecule has 0 fully saturated rings. The summed E-state index contributed by atoms with van der Waals surface area (Å²) in [6.07, 6.45) is 0. The van der Waals surface area contributed by atoms with E-state index in [4.69, 9.17) is 4.42 Å². The molecule has 1 heterocycles. The zero-order valence-electron chi connectivity index (χ0n) is 12.8. The van der Waals surface area contributed by atoms with E-state index < -0.39 is 0 Å². The van der Waals surface area contributed by atoms with Crippen molar-refractivity contribution < 1.29 is 4.42 Å². The number of hydrogen-bond donors (Lipinski definition) is 0. The molecule has 24 heavy (non-hydrogen) atoms. The monoisotopic (exact) mass is 372 g/mol. The maximum atomic E-state index is 6.24. The summed E-state index contributed by atoms with van der Waals surface area (Å²) in [5, 5.41) is 4.70. The van der Waals surface area contributed by atoms with Crippen molar-refractivity contribution in [3.8, 4) is 11.1 Å². The van der Waals surface area contributed by atoms with Crippen LogP contribution in [0.15, 0.2) is 87.8 Å². The number of hydrogen-bond acceptors (Lipinski definition) is 1. The molecule has 2 heteroatoms. The molecule has 0 amide bonds. The first-order chi connectivity index (χ1) is 11.8. The van der Waals surface area contributed by atoms with E-state index in [0.717, 1.165) is 26.4 Å². The molecule has 1 nitrogen and oxygen atoms in total. The summed E-state index contributed by atoms with van der Waals surface area (Å²) >= 11 is 3.52. The summed E-state index contributed by atoms with van der Waals surface area (Å²) in [6.45, 7) is 0. The largest absolute Gasteiger partial charge is 0.455 e. The Hall–Kier alpha value is -2.58. The fourth-order valence-corrected chi connectivity index (χ4v) is 3.68. The van der Waals surface area contributed by atoms with Gasteiger partial charge in [0.1, 0.15) is 11.2 Å². The third-order valence-corrected chi connectivity index (χ3v) is 5.05. The van der Waals surface area contributed by atoms with Gasteiger partial charge in [-0.1, -0.05) is 70.5 Å². The third kappa shape index (κ3) is 2.00. The van der Waals surface area contributed by atoms with E-state index in [1.807, 2.05) is 12.1 Å². The first kappa shape index (κ1) is 13.8. The lowest BCUT2D eigenvalue weighted by atomic mass is 9.95. The molecule has 0 aliphatic heterocycles. The number of fused-ring (bicyclic) bond motifs is 5. The smallest absolute Gasteiger partial charge is 0.143 e. The minimum absolute atomic E-state index is 0.933. The average molecular weight is 373 g/mol. The first-order valence-electron chi connectivity index (χ1n) is 7.90. The molecule has 0 spiro atoms. The number of halogens is 1. The molecule has 5 rings (SSSR count). The molecular weight excluding hydrogens is 360 g/mol. The highest BCUT2D eigenvalue weighted by molar-refractivity contribution is 9.10. The van der Waals surface area contributed by atoms with Crippen LogP contribution in [-0.4, -0.2) is 0 Å². The molecule has 0 N–H and O–H groups in total. The highest BCUT2D eigenvalue weighted by Gasteiger charge is 2.15. The maximum Gasteiger partial charge on any atom is 0.143 e. The standard InChI is InChI=1S/C22H13BrO/c23-16-11-9-14(10-12-16)19-13-15-5-1-2-6-17(15)22-21(19)18-7-3-4-8-20(18)24-22/h1-13H. The molecule has 0 aliphatic carbocycles. The number of para-hydroxylation sites is 1. The Balaban J connectivity index is 2.01. The normalized spacial score (nSPS) is 11.5. The lowest BCUT2D eigenvalue weighted by molar-refractivity contribution is 0.673. The van der Waals surface area contributed by atoms with Crippen LogP contribution in [0.4, 0.5) is 0 Å². The molecule has 0 unspecified atom stereocenters.